The summed E-state index contributed by atoms with van der Waals surface area (Å²) in [6.07, 6.45) is 4.23. The highest BCUT2D eigenvalue weighted by Gasteiger charge is 2.45. The van der Waals surface area contributed by atoms with Crippen molar-refractivity contribution in [3.63, 3.8) is 0 Å². The van der Waals surface area contributed by atoms with Gasteiger partial charge in [-0.15, -0.1) is 10.2 Å². The van der Waals surface area contributed by atoms with Crippen molar-refractivity contribution < 1.29 is 0 Å². The number of hydrogen-bond donors (Lipinski definition) is 0. The van der Waals surface area contributed by atoms with Gasteiger partial charge in [-0.05, 0) is 51.1 Å². The van der Waals surface area contributed by atoms with Crippen LogP contribution in [0.3, 0.4) is 0 Å². The zero-order chi connectivity index (χ0) is 14.7. The van der Waals surface area contributed by atoms with E-state index in [1.165, 1.54) is 12.8 Å². The summed E-state index contributed by atoms with van der Waals surface area (Å²) >= 11 is 6.04. The fourth-order valence-electron chi connectivity index (χ4n) is 3.23. The number of nitrogens with zero attached hydrogens (tertiary/aromatic N) is 6. The lowest BCUT2D eigenvalue weighted by atomic mass is 10.0. The van der Waals surface area contributed by atoms with E-state index in [4.69, 9.17) is 11.6 Å². The minimum atomic E-state index is 0.227. The third kappa shape index (κ3) is 1.85. The molecule has 0 spiro atoms. The summed E-state index contributed by atoms with van der Waals surface area (Å²) < 4.78 is 2.08. The Hall–Kier alpha value is -1.69. The molecular formula is C14H17ClN6. The molecule has 2 aromatic rings. The van der Waals surface area contributed by atoms with Crippen LogP contribution in [0.15, 0.2) is 6.20 Å². The Bertz CT molecular complexity index is 705. The average Bonchev–Trinajstić information content (AvgIpc) is 3.20. The molecule has 1 saturated carbocycles. The molecule has 21 heavy (non-hydrogen) atoms. The molecule has 3 heterocycles. The second-order valence-corrected chi connectivity index (χ2v) is 6.41. The van der Waals surface area contributed by atoms with Crippen molar-refractivity contribution >= 4 is 17.4 Å². The van der Waals surface area contributed by atoms with Crippen molar-refractivity contribution in [3.8, 4) is 5.69 Å². The molecule has 0 saturated heterocycles. The van der Waals surface area contributed by atoms with Crippen molar-refractivity contribution in [1.82, 2.24) is 24.7 Å². The van der Waals surface area contributed by atoms with Gasteiger partial charge in [-0.2, -0.15) is 4.98 Å². The van der Waals surface area contributed by atoms with Gasteiger partial charge in [0, 0.05) is 6.04 Å². The molecule has 1 atom stereocenters. The fraction of sp³-hybridized carbons (Fsp3) is 0.571. The monoisotopic (exact) mass is 304 g/mol. The lowest BCUT2D eigenvalue weighted by Crippen LogP contribution is -2.41. The molecular weight excluding hydrogens is 288 g/mol. The average molecular weight is 305 g/mol. The normalized spacial score (nSPS) is 20.6. The van der Waals surface area contributed by atoms with Gasteiger partial charge in [-0.25, -0.2) is 4.98 Å². The van der Waals surface area contributed by atoms with Crippen LogP contribution in [0.1, 0.15) is 44.4 Å². The smallest absolute Gasteiger partial charge is 0.224 e. The summed E-state index contributed by atoms with van der Waals surface area (Å²) in [7, 11) is 0. The molecule has 1 fully saturated rings. The Balaban J connectivity index is 2.00. The fourth-order valence-corrected chi connectivity index (χ4v) is 3.36. The van der Waals surface area contributed by atoms with Crippen LogP contribution in [0.5, 0.6) is 0 Å². The SMILES string of the molecule is Cc1nnc2n1-c1cnc(Cl)nc1N(C(C)C)C2C1CC1. The van der Waals surface area contributed by atoms with E-state index in [0.717, 1.165) is 23.2 Å². The first-order chi connectivity index (χ1) is 10.1. The third-order valence-electron chi connectivity index (χ3n) is 4.25. The molecule has 6 nitrogen and oxygen atoms in total. The minimum absolute atomic E-state index is 0.227. The summed E-state index contributed by atoms with van der Waals surface area (Å²) in [5.41, 5.74) is 0.919. The van der Waals surface area contributed by atoms with Gasteiger partial charge in [0.15, 0.2) is 11.6 Å². The zero-order valence-electron chi connectivity index (χ0n) is 12.3. The largest absolute Gasteiger partial charge is 0.342 e. The number of rotatable bonds is 2. The summed E-state index contributed by atoms with van der Waals surface area (Å²) in [5, 5.41) is 8.99. The summed E-state index contributed by atoms with van der Waals surface area (Å²) in [6.45, 7) is 6.31. The molecule has 1 aliphatic heterocycles. The Morgan fingerprint density at radius 3 is 2.71 bits per heavy atom. The Kier molecular flexibility index (Phi) is 2.73. The molecule has 2 aliphatic rings. The highest BCUT2D eigenvalue weighted by Crippen LogP contribution is 2.50. The standard InChI is InChI=1S/C14H17ClN6/c1-7(2)20-11(9-4-5-9)13-19-18-8(3)21(13)10-6-16-14(15)17-12(10)20/h6-7,9,11H,4-5H2,1-3H3. The highest BCUT2D eigenvalue weighted by molar-refractivity contribution is 6.28. The van der Waals surface area contributed by atoms with Crippen LogP contribution in [-0.4, -0.2) is 30.8 Å². The lowest BCUT2D eigenvalue weighted by molar-refractivity contribution is 0.465. The van der Waals surface area contributed by atoms with Crippen molar-refractivity contribution in [1.29, 1.82) is 0 Å². The summed E-state index contributed by atoms with van der Waals surface area (Å²) in [5.74, 6) is 3.38. The molecule has 0 amide bonds. The topological polar surface area (TPSA) is 59.7 Å². The van der Waals surface area contributed by atoms with Crippen molar-refractivity contribution in [2.24, 2.45) is 5.92 Å². The molecule has 0 radical (unpaired) electrons. The van der Waals surface area contributed by atoms with Gasteiger partial charge in [-0.1, -0.05) is 0 Å². The first-order valence-corrected chi connectivity index (χ1v) is 7.69. The Morgan fingerprint density at radius 1 is 1.29 bits per heavy atom. The van der Waals surface area contributed by atoms with Gasteiger partial charge in [0.1, 0.15) is 11.5 Å². The number of halogens is 1. The maximum atomic E-state index is 6.04. The van der Waals surface area contributed by atoms with Gasteiger partial charge in [0.05, 0.1) is 12.2 Å². The molecule has 7 heteroatoms. The van der Waals surface area contributed by atoms with Crippen LogP contribution >= 0.6 is 11.6 Å². The zero-order valence-corrected chi connectivity index (χ0v) is 13.0. The van der Waals surface area contributed by atoms with Gasteiger partial charge < -0.3 is 4.90 Å². The minimum Gasteiger partial charge on any atom is -0.342 e. The summed E-state index contributed by atoms with van der Waals surface area (Å²) in [6, 6.07) is 0.538. The van der Waals surface area contributed by atoms with Crippen molar-refractivity contribution in [2.75, 3.05) is 4.90 Å². The van der Waals surface area contributed by atoms with E-state index >= 15 is 0 Å². The molecule has 2 aromatic heterocycles. The Labute approximate surface area is 128 Å². The molecule has 0 N–H and O–H groups in total. The third-order valence-corrected chi connectivity index (χ3v) is 4.43. The molecule has 0 bridgehead atoms. The molecule has 110 valence electrons. The predicted molar refractivity (Wildman–Crippen MR) is 79.8 cm³/mol. The van der Waals surface area contributed by atoms with E-state index in [2.05, 4.69) is 43.5 Å². The van der Waals surface area contributed by atoms with E-state index in [-0.39, 0.29) is 11.3 Å². The van der Waals surface area contributed by atoms with Gasteiger partial charge in [0.25, 0.3) is 0 Å². The van der Waals surface area contributed by atoms with E-state index in [1.54, 1.807) is 6.20 Å². The van der Waals surface area contributed by atoms with Gasteiger partial charge >= 0.3 is 0 Å². The van der Waals surface area contributed by atoms with E-state index in [9.17, 15) is 0 Å². The van der Waals surface area contributed by atoms with Gasteiger partial charge in [-0.3, -0.25) is 4.57 Å². The van der Waals surface area contributed by atoms with E-state index in [0.29, 0.717) is 12.0 Å². The van der Waals surface area contributed by atoms with Crippen LogP contribution in [0.25, 0.3) is 5.69 Å². The molecule has 1 aliphatic carbocycles. The number of fused-ring (bicyclic) bond motifs is 3. The van der Waals surface area contributed by atoms with E-state index < -0.39 is 0 Å². The highest BCUT2D eigenvalue weighted by atomic mass is 35.5. The molecule has 4 rings (SSSR count). The van der Waals surface area contributed by atoms with Crippen molar-refractivity contribution in [2.45, 2.75) is 45.7 Å². The van der Waals surface area contributed by atoms with Crippen LogP contribution in [-0.2, 0) is 0 Å². The van der Waals surface area contributed by atoms with E-state index in [1.807, 2.05) is 6.92 Å². The number of aromatic nitrogens is 5. The lowest BCUT2D eigenvalue weighted by Gasteiger charge is -2.40. The molecule has 0 aromatic carbocycles. The van der Waals surface area contributed by atoms with Gasteiger partial charge in [0.2, 0.25) is 5.28 Å². The Morgan fingerprint density at radius 2 is 2.05 bits per heavy atom. The summed E-state index contributed by atoms with van der Waals surface area (Å²) in [4.78, 5) is 11.0. The number of hydrogen-bond acceptors (Lipinski definition) is 5. The van der Waals surface area contributed by atoms with Crippen molar-refractivity contribution in [3.05, 3.63) is 23.1 Å². The number of aryl methyl sites for hydroxylation is 1. The van der Waals surface area contributed by atoms with Crippen LogP contribution < -0.4 is 4.90 Å². The maximum Gasteiger partial charge on any atom is 0.224 e. The quantitative estimate of drug-likeness (QED) is 0.798. The first-order valence-electron chi connectivity index (χ1n) is 7.31. The van der Waals surface area contributed by atoms with Crippen LogP contribution in [0.4, 0.5) is 5.82 Å². The number of anilines is 1. The predicted octanol–water partition coefficient (Wildman–Crippen LogP) is 2.70. The second-order valence-electron chi connectivity index (χ2n) is 6.07. The second kappa shape index (κ2) is 4.40. The first kappa shape index (κ1) is 13.0. The maximum absolute atomic E-state index is 6.04. The molecule has 1 unspecified atom stereocenters. The van der Waals surface area contributed by atoms with Crippen LogP contribution in [0.2, 0.25) is 5.28 Å². The van der Waals surface area contributed by atoms with Crippen LogP contribution in [0, 0.1) is 12.8 Å².